The van der Waals surface area contributed by atoms with Crippen molar-refractivity contribution in [2.45, 2.75) is 4.90 Å². The van der Waals surface area contributed by atoms with E-state index < -0.39 is 28.4 Å². The Balaban J connectivity index is 1.77. The van der Waals surface area contributed by atoms with Gasteiger partial charge < -0.3 is 9.84 Å². The highest BCUT2D eigenvalue weighted by Gasteiger charge is 2.27. The van der Waals surface area contributed by atoms with Crippen LogP contribution in [0.15, 0.2) is 88.9 Å². The molecule has 9 nitrogen and oxygen atoms in total. The van der Waals surface area contributed by atoms with Crippen molar-refractivity contribution in [2.75, 3.05) is 18.0 Å². The molecule has 0 heterocycles. The second-order valence-electron chi connectivity index (χ2n) is 6.74. The number of nitrogens with one attached hydrogen (secondary N) is 1. The first kappa shape index (κ1) is 23.5. The molecule has 0 saturated carbocycles. The SMILES string of the molecule is COc1ccc(S(=O)(=O)N(CC(=O)N/N=C\c2ccc(C(=O)O)cc2)c2ccccc2)cc1. The van der Waals surface area contributed by atoms with Gasteiger partial charge in [-0.1, -0.05) is 30.3 Å². The summed E-state index contributed by atoms with van der Waals surface area (Å²) in [6.45, 7) is -0.506. The molecule has 3 rings (SSSR count). The van der Waals surface area contributed by atoms with Gasteiger partial charge in [-0.25, -0.2) is 18.6 Å². The molecule has 3 aromatic rings. The van der Waals surface area contributed by atoms with Gasteiger partial charge in [0.2, 0.25) is 0 Å². The van der Waals surface area contributed by atoms with Crippen molar-refractivity contribution < 1.29 is 27.9 Å². The molecule has 0 saturated heterocycles. The number of methoxy groups -OCH3 is 1. The number of rotatable bonds is 9. The standard InChI is InChI=1S/C23H21N3O6S/c1-32-20-11-13-21(14-12-20)33(30,31)26(19-5-3-2-4-6-19)16-22(27)25-24-15-17-7-9-18(10-8-17)23(28)29/h2-15H,16H2,1H3,(H,25,27)(H,28,29)/b24-15-. The molecule has 0 aliphatic rings. The highest BCUT2D eigenvalue weighted by Crippen LogP contribution is 2.24. The Kier molecular flexibility index (Phi) is 7.42. The molecular weight excluding hydrogens is 446 g/mol. The summed E-state index contributed by atoms with van der Waals surface area (Å²) < 4.78 is 32.6. The summed E-state index contributed by atoms with van der Waals surface area (Å²) >= 11 is 0. The summed E-state index contributed by atoms with van der Waals surface area (Å²) in [5, 5.41) is 12.8. The summed E-state index contributed by atoms with van der Waals surface area (Å²) in [6, 6.07) is 20.0. The summed E-state index contributed by atoms with van der Waals surface area (Å²) in [4.78, 5) is 23.4. The number of hydrogen-bond acceptors (Lipinski definition) is 6. The number of carboxylic acids is 1. The Bertz CT molecular complexity index is 1240. The third-order valence-corrected chi connectivity index (χ3v) is 6.33. The summed E-state index contributed by atoms with van der Waals surface area (Å²) in [6.07, 6.45) is 1.33. The van der Waals surface area contributed by atoms with Crippen LogP contribution >= 0.6 is 0 Å². The van der Waals surface area contributed by atoms with Crippen LogP contribution in [0.4, 0.5) is 5.69 Å². The molecule has 3 aromatic carbocycles. The maximum absolute atomic E-state index is 13.3. The molecule has 33 heavy (non-hydrogen) atoms. The van der Waals surface area contributed by atoms with Crippen molar-refractivity contribution in [3.05, 3.63) is 90.0 Å². The third kappa shape index (κ3) is 5.95. The zero-order valence-corrected chi connectivity index (χ0v) is 18.4. The number of amides is 1. The summed E-state index contributed by atoms with van der Waals surface area (Å²) in [5.41, 5.74) is 3.30. The topological polar surface area (TPSA) is 125 Å². The molecule has 0 bridgehead atoms. The quantitative estimate of drug-likeness (QED) is 0.368. The van der Waals surface area contributed by atoms with E-state index in [-0.39, 0.29) is 10.5 Å². The number of aromatic carboxylic acids is 1. The maximum atomic E-state index is 13.3. The fourth-order valence-electron chi connectivity index (χ4n) is 2.84. The minimum atomic E-state index is -4.05. The lowest BCUT2D eigenvalue weighted by Gasteiger charge is -2.23. The maximum Gasteiger partial charge on any atom is 0.335 e. The number of nitrogens with zero attached hydrogens (tertiary/aromatic N) is 2. The van der Waals surface area contributed by atoms with Crippen LogP contribution in [0.5, 0.6) is 5.75 Å². The molecule has 2 N–H and O–H groups in total. The molecule has 0 atom stereocenters. The monoisotopic (exact) mass is 467 g/mol. The van der Waals surface area contributed by atoms with Crippen LogP contribution in [0.25, 0.3) is 0 Å². The highest BCUT2D eigenvalue weighted by molar-refractivity contribution is 7.92. The summed E-state index contributed by atoms with van der Waals surface area (Å²) in [5.74, 6) is -1.20. The number of carboxylic acid groups (broad SMARTS) is 1. The normalized spacial score (nSPS) is 11.2. The number of para-hydroxylation sites is 1. The Morgan fingerprint density at radius 1 is 1.00 bits per heavy atom. The van der Waals surface area contributed by atoms with Crippen LogP contribution in [-0.4, -0.2) is 45.3 Å². The predicted molar refractivity (Wildman–Crippen MR) is 123 cm³/mol. The van der Waals surface area contributed by atoms with Gasteiger partial charge in [0.05, 0.1) is 29.5 Å². The molecule has 0 aromatic heterocycles. The Labute approximate surface area is 191 Å². The lowest BCUT2D eigenvalue weighted by Crippen LogP contribution is -2.39. The summed E-state index contributed by atoms with van der Waals surface area (Å²) in [7, 11) is -2.58. The van der Waals surface area contributed by atoms with E-state index >= 15 is 0 Å². The van der Waals surface area contributed by atoms with Crippen LogP contribution in [0, 0.1) is 0 Å². The van der Waals surface area contributed by atoms with Crippen molar-refractivity contribution in [3.8, 4) is 5.75 Å². The number of hydrazone groups is 1. The second-order valence-corrected chi connectivity index (χ2v) is 8.61. The highest BCUT2D eigenvalue weighted by atomic mass is 32.2. The zero-order valence-electron chi connectivity index (χ0n) is 17.6. The molecule has 1 amide bonds. The van der Waals surface area contributed by atoms with E-state index in [0.29, 0.717) is 17.0 Å². The number of carbonyl (C=O) groups excluding carboxylic acids is 1. The van der Waals surface area contributed by atoms with Gasteiger partial charge in [0.1, 0.15) is 12.3 Å². The van der Waals surface area contributed by atoms with Gasteiger partial charge in [-0.2, -0.15) is 5.10 Å². The number of sulfonamides is 1. The second kappa shape index (κ2) is 10.4. The van der Waals surface area contributed by atoms with Crippen molar-refractivity contribution in [1.82, 2.24) is 5.43 Å². The lowest BCUT2D eigenvalue weighted by atomic mass is 10.1. The van der Waals surface area contributed by atoms with Gasteiger partial charge >= 0.3 is 5.97 Å². The number of anilines is 1. The third-order valence-electron chi connectivity index (χ3n) is 4.54. The van der Waals surface area contributed by atoms with Crippen molar-refractivity contribution >= 4 is 33.8 Å². The first-order valence-electron chi connectivity index (χ1n) is 9.68. The van der Waals surface area contributed by atoms with Gasteiger partial charge in [-0.05, 0) is 54.1 Å². The first-order valence-corrected chi connectivity index (χ1v) is 11.1. The molecule has 170 valence electrons. The van der Waals surface area contributed by atoms with Crippen LogP contribution in [0.3, 0.4) is 0 Å². The zero-order chi connectivity index (χ0) is 23.8. The van der Waals surface area contributed by atoms with E-state index in [1.165, 1.54) is 61.9 Å². The molecule has 0 fully saturated rings. The minimum absolute atomic E-state index is 0.00183. The molecule has 0 spiro atoms. The van der Waals surface area contributed by atoms with E-state index in [0.717, 1.165) is 4.31 Å². The number of benzene rings is 3. The van der Waals surface area contributed by atoms with Crippen LogP contribution < -0.4 is 14.5 Å². The molecule has 0 aliphatic heterocycles. The Morgan fingerprint density at radius 2 is 1.64 bits per heavy atom. The fourth-order valence-corrected chi connectivity index (χ4v) is 4.26. The van der Waals surface area contributed by atoms with Gasteiger partial charge in [-0.3, -0.25) is 9.10 Å². The van der Waals surface area contributed by atoms with Gasteiger partial charge in [0.15, 0.2) is 0 Å². The van der Waals surface area contributed by atoms with Gasteiger partial charge in [0.25, 0.3) is 15.9 Å². The Morgan fingerprint density at radius 3 is 2.21 bits per heavy atom. The molecule has 0 radical (unpaired) electrons. The number of carbonyl (C=O) groups is 2. The average Bonchev–Trinajstić information content (AvgIpc) is 2.83. The number of ether oxygens (including phenoxy) is 1. The van der Waals surface area contributed by atoms with Crippen molar-refractivity contribution in [2.24, 2.45) is 5.10 Å². The molecule has 0 unspecified atom stereocenters. The average molecular weight is 468 g/mol. The van der Waals surface area contributed by atoms with Gasteiger partial charge in [-0.15, -0.1) is 0 Å². The van der Waals surface area contributed by atoms with Crippen molar-refractivity contribution in [3.63, 3.8) is 0 Å². The largest absolute Gasteiger partial charge is 0.497 e. The van der Waals surface area contributed by atoms with E-state index in [2.05, 4.69) is 10.5 Å². The van der Waals surface area contributed by atoms with Crippen LogP contribution in [0.1, 0.15) is 15.9 Å². The van der Waals surface area contributed by atoms with E-state index in [1.54, 1.807) is 30.3 Å². The predicted octanol–water partition coefficient (Wildman–Crippen LogP) is 2.74. The Hall–Kier alpha value is -4.18. The van der Waals surface area contributed by atoms with E-state index in [4.69, 9.17) is 9.84 Å². The van der Waals surface area contributed by atoms with Crippen LogP contribution in [0.2, 0.25) is 0 Å². The number of hydrogen-bond donors (Lipinski definition) is 2. The van der Waals surface area contributed by atoms with Gasteiger partial charge in [0, 0.05) is 0 Å². The van der Waals surface area contributed by atoms with E-state index in [1.807, 2.05) is 0 Å². The smallest absolute Gasteiger partial charge is 0.335 e. The minimum Gasteiger partial charge on any atom is -0.497 e. The van der Waals surface area contributed by atoms with E-state index in [9.17, 15) is 18.0 Å². The molecule has 0 aliphatic carbocycles. The van der Waals surface area contributed by atoms with Crippen molar-refractivity contribution in [1.29, 1.82) is 0 Å². The fraction of sp³-hybridized carbons (Fsp3) is 0.0870. The first-order chi connectivity index (χ1) is 15.8. The molecule has 10 heteroatoms. The van der Waals surface area contributed by atoms with Crippen LogP contribution in [-0.2, 0) is 14.8 Å². The molecular formula is C23H21N3O6S. The lowest BCUT2D eigenvalue weighted by molar-refractivity contribution is -0.119.